The van der Waals surface area contributed by atoms with Gasteiger partial charge in [0.25, 0.3) is 0 Å². The van der Waals surface area contributed by atoms with Crippen LogP contribution >= 0.6 is 0 Å². The third-order valence-corrected chi connectivity index (χ3v) is 13.5. The Morgan fingerprint density at radius 1 is 0.333 bits per heavy atom. The van der Waals surface area contributed by atoms with Gasteiger partial charge in [0.15, 0.2) is 11.6 Å². The maximum absolute atomic E-state index is 6.39. The van der Waals surface area contributed by atoms with Crippen LogP contribution in [0.25, 0.3) is 106 Å². The predicted molar refractivity (Wildman–Crippen MR) is 254 cm³/mol. The molecule has 14 rings (SSSR count). The summed E-state index contributed by atoms with van der Waals surface area (Å²) in [5, 5.41) is 4.43. The smallest absolute Gasteiger partial charge is 0.238 e. The van der Waals surface area contributed by atoms with Gasteiger partial charge < -0.3 is 4.42 Å². The lowest BCUT2D eigenvalue weighted by Crippen LogP contribution is -2.25. The van der Waals surface area contributed by atoms with E-state index in [1.165, 1.54) is 44.5 Å². The maximum atomic E-state index is 6.39. The summed E-state index contributed by atoms with van der Waals surface area (Å²) in [5.74, 6) is 1.71. The summed E-state index contributed by atoms with van der Waals surface area (Å²) in [4.78, 5) is 16.0. The molecular formula is C58H34N4O. The van der Waals surface area contributed by atoms with Gasteiger partial charge >= 0.3 is 0 Å². The van der Waals surface area contributed by atoms with Crippen molar-refractivity contribution in [3.05, 3.63) is 229 Å². The van der Waals surface area contributed by atoms with Crippen molar-refractivity contribution in [3.8, 4) is 62.1 Å². The highest BCUT2D eigenvalue weighted by atomic mass is 16.3. The Labute approximate surface area is 362 Å². The van der Waals surface area contributed by atoms with Crippen LogP contribution in [0.1, 0.15) is 22.3 Å². The van der Waals surface area contributed by atoms with E-state index in [0.29, 0.717) is 17.6 Å². The molecule has 0 unspecified atom stereocenters. The number of benzene rings is 9. The molecule has 12 aromatic rings. The number of furan rings is 1. The van der Waals surface area contributed by atoms with Crippen LogP contribution in [0.15, 0.2) is 211 Å². The molecule has 0 radical (unpaired) electrons. The molecule has 2 aliphatic carbocycles. The van der Waals surface area contributed by atoms with Crippen LogP contribution in [0.4, 0.5) is 0 Å². The van der Waals surface area contributed by atoms with Gasteiger partial charge in [0, 0.05) is 32.7 Å². The van der Waals surface area contributed by atoms with Crippen molar-refractivity contribution in [3.63, 3.8) is 0 Å². The van der Waals surface area contributed by atoms with E-state index in [0.717, 1.165) is 66.0 Å². The van der Waals surface area contributed by atoms with Crippen LogP contribution in [0, 0.1) is 0 Å². The first-order chi connectivity index (χ1) is 31.2. The first-order valence-corrected chi connectivity index (χ1v) is 21.4. The largest absolute Gasteiger partial charge is 0.456 e. The molecule has 2 aliphatic rings. The van der Waals surface area contributed by atoms with Crippen molar-refractivity contribution in [2.75, 3.05) is 0 Å². The van der Waals surface area contributed by atoms with E-state index in [1.807, 2.05) is 24.3 Å². The highest BCUT2D eigenvalue weighted by Gasteiger charge is 2.51. The average molecular weight is 803 g/mol. The fourth-order valence-electron chi connectivity index (χ4n) is 10.8. The first kappa shape index (κ1) is 34.3. The molecule has 0 N–H and O–H groups in total. The number of aromatic nitrogens is 4. The summed E-state index contributed by atoms with van der Waals surface area (Å²) >= 11 is 0. The van der Waals surface area contributed by atoms with E-state index in [1.54, 1.807) is 0 Å². The Bertz CT molecular complexity index is 3810. The minimum Gasteiger partial charge on any atom is -0.456 e. The van der Waals surface area contributed by atoms with E-state index in [2.05, 4.69) is 187 Å². The highest BCUT2D eigenvalue weighted by molar-refractivity contribution is 6.12. The summed E-state index contributed by atoms with van der Waals surface area (Å²) in [6.45, 7) is 0. The minimum atomic E-state index is -0.494. The summed E-state index contributed by atoms with van der Waals surface area (Å²) in [6, 6.07) is 73.8. The Morgan fingerprint density at radius 2 is 0.873 bits per heavy atom. The number of hydrogen-bond donors (Lipinski definition) is 0. The molecule has 1 spiro atoms. The van der Waals surface area contributed by atoms with Crippen molar-refractivity contribution >= 4 is 43.7 Å². The van der Waals surface area contributed by atoms with Gasteiger partial charge in [0.1, 0.15) is 11.2 Å². The van der Waals surface area contributed by atoms with Crippen molar-refractivity contribution in [2.45, 2.75) is 5.41 Å². The lowest BCUT2D eigenvalue weighted by Gasteiger charge is -2.30. The van der Waals surface area contributed by atoms with Crippen LogP contribution in [-0.2, 0) is 5.41 Å². The fourth-order valence-corrected chi connectivity index (χ4v) is 10.8. The number of hydrogen-bond acceptors (Lipinski definition) is 4. The lowest BCUT2D eigenvalue weighted by atomic mass is 9.70. The van der Waals surface area contributed by atoms with Gasteiger partial charge in [0.05, 0.1) is 16.4 Å². The molecule has 3 heterocycles. The molecule has 0 fully saturated rings. The summed E-state index contributed by atoms with van der Waals surface area (Å²) in [7, 11) is 0. The first-order valence-electron chi connectivity index (χ1n) is 21.4. The zero-order chi connectivity index (χ0) is 41.2. The molecule has 0 atom stereocenters. The predicted octanol–water partition coefficient (Wildman–Crippen LogP) is 14.2. The molecular weight excluding hydrogens is 769 g/mol. The number of nitrogens with zero attached hydrogens (tertiary/aromatic N) is 4. The topological polar surface area (TPSA) is 56.7 Å². The van der Waals surface area contributed by atoms with Crippen molar-refractivity contribution in [1.29, 1.82) is 0 Å². The van der Waals surface area contributed by atoms with Gasteiger partial charge in [-0.05, 0) is 92.0 Å². The molecule has 0 saturated heterocycles. The molecule has 63 heavy (non-hydrogen) atoms. The zero-order valence-corrected chi connectivity index (χ0v) is 33.8. The second-order valence-electron chi connectivity index (χ2n) is 16.7. The third-order valence-electron chi connectivity index (χ3n) is 13.5. The van der Waals surface area contributed by atoms with Crippen molar-refractivity contribution in [1.82, 2.24) is 19.5 Å². The van der Waals surface area contributed by atoms with E-state index in [-0.39, 0.29) is 0 Å². The van der Waals surface area contributed by atoms with Gasteiger partial charge in [-0.25, -0.2) is 4.98 Å². The van der Waals surface area contributed by atoms with Crippen LogP contribution in [-0.4, -0.2) is 19.5 Å². The number of fused-ring (bicyclic) bond motifs is 16. The fraction of sp³-hybridized carbons (Fsp3) is 0.0172. The van der Waals surface area contributed by atoms with Gasteiger partial charge in [-0.1, -0.05) is 170 Å². The Balaban J connectivity index is 1.05. The van der Waals surface area contributed by atoms with E-state index in [9.17, 15) is 0 Å². The van der Waals surface area contributed by atoms with Crippen molar-refractivity contribution in [2.24, 2.45) is 0 Å². The summed E-state index contributed by atoms with van der Waals surface area (Å²) in [5.41, 5.74) is 17.5. The van der Waals surface area contributed by atoms with Gasteiger partial charge in [-0.2, -0.15) is 9.97 Å². The number of para-hydroxylation sites is 2. The van der Waals surface area contributed by atoms with Crippen molar-refractivity contribution < 1.29 is 4.42 Å². The Morgan fingerprint density at radius 3 is 1.60 bits per heavy atom. The third kappa shape index (κ3) is 4.73. The van der Waals surface area contributed by atoms with Gasteiger partial charge in [-0.15, -0.1) is 0 Å². The monoisotopic (exact) mass is 802 g/mol. The molecule has 9 aromatic carbocycles. The summed E-state index contributed by atoms with van der Waals surface area (Å²) < 4.78 is 8.64. The Hall–Kier alpha value is -8.41. The van der Waals surface area contributed by atoms with Crippen LogP contribution < -0.4 is 0 Å². The minimum absolute atomic E-state index is 0.494. The standard InChI is InChI=1S/C58H34N4O/c1-2-14-35(15-3-1)36-26-28-37(29-27-36)55-59-56(38-30-31-44-43-20-8-13-25-53(43)63-54(44)32-38)61-57(60-55)62-51-24-12-7-19-42(51)46-33-45-41-18-6-11-23-49(41)58(50(45)34-52(46)62)47-21-9-4-16-39(47)40-17-5-10-22-48(40)58/h1-34H. The van der Waals surface area contributed by atoms with Gasteiger partial charge in [0.2, 0.25) is 5.95 Å². The van der Waals surface area contributed by atoms with E-state index < -0.39 is 5.41 Å². The average Bonchev–Trinajstić information content (AvgIpc) is 4.07. The SMILES string of the molecule is c1ccc(-c2ccc(-c3nc(-c4ccc5c(c4)oc4ccccc45)nc(-n4c5ccccc5c5cc6c(cc54)C4(c5ccccc5-c5ccccc54)c4ccccc4-6)n3)cc2)cc1. The molecule has 0 saturated carbocycles. The maximum Gasteiger partial charge on any atom is 0.238 e. The Kier molecular flexibility index (Phi) is 6.97. The lowest BCUT2D eigenvalue weighted by molar-refractivity contribution is 0.669. The second-order valence-corrected chi connectivity index (χ2v) is 16.7. The molecule has 0 aliphatic heterocycles. The summed E-state index contributed by atoms with van der Waals surface area (Å²) in [6.07, 6.45) is 0. The van der Waals surface area contributed by atoms with Gasteiger partial charge in [-0.3, -0.25) is 4.57 Å². The molecule has 292 valence electrons. The van der Waals surface area contributed by atoms with Crippen LogP contribution in [0.2, 0.25) is 0 Å². The normalized spacial score (nSPS) is 13.2. The van der Waals surface area contributed by atoms with E-state index >= 15 is 0 Å². The second kappa shape index (κ2) is 12.8. The van der Waals surface area contributed by atoms with Crippen LogP contribution in [0.3, 0.4) is 0 Å². The van der Waals surface area contributed by atoms with Crippen LogP contribution in [0.5, 0.6) is 0 Å². The molecule has 0 amide bonds. The zero-order valence-electron chi connectivity index (χ0n) is 33.8. The molecule has 5 heteroatoms. The quantitative estimate of drug-likeness (QED) is 0.178. The highest BCUT2D eigenvalue weighted by Crippen LogP contribution is 2.63. The van der Waals surface area contributed by atoms with E-state index in [4.69, 9.17) is 19.4 Å². The molecule has 0 bridgehead atoms. The molecule has 5 nitrogen and oxygen atoms in total. The molecule has 3 aromatic heterocycles. The number of rotatable bonds is 4.